The molecule has 0 spiro atoms. The summed E-state index contributed by atoms with van der Waals surface area (Å²) < 4.78 is 5.63. The lowest BCUT2D eigenvalue weighted by molar-refractivity contribution is -0.238. The largest absolute Gasteiger partial charge is 0.373 e. The molecule has 2 unspecified atom stereocenters. The Hall–Kier alpha value is -0.160. The Morgan fingerprint density at radius 1 is 1.36 bits per heavy atom. The van der Waals surface area contributed by atoms with Crippen LogP contribution in [0.25, 0.3) is 0 Å². The molecular weight excluding hydrogens is 180 g/mol. The van der Waals surface area contributed by atoms with E-state index in [2.05, 4.69) is 4.90 Å². The number of hydrogen-bond donors (Lipinski definition) is 1. The van der Waals surface area contributed by atoms with Crippen LogP contribution in [0.3, 0.4) is 0 Å². The van der Waals surface area contributed by atoms with E-state index >= 15 is 0 Å². The standard InChI is InChI=1S/C10H22N2O2/c1-11(2)7-8-14-9-5-6-10(9,13)12(3)4/h9,13H,5-8H2,1-4H3. The van der Waals surface area contributed by atoms with E-state index in [0.717, 1.165) is 19.4 Å². The molecule has 1 fully saturated rings. The van der Waals surface area contributed by atoms with Gasteiger partial charge in [0.1, 0.15) is 11.8 Å². The van der Waals surface area contributed by atoms with Crippen LogP contribution in [-0.2, 0) is 4.74 Å². The fourth-order valence-electron chi connectivity index (χ4n) is 1.63. The van der Waals surface area contributed by atoms with Gasteiger partial charge in [-0.1, -0.05) is 0 Å². The molecule has 1 saturated carbocycles. The summed E-state index contributed by atoms with van der Waals surface area (Å²) >= 11 is 0. The van der Waals surface area contributed by atoms with Gasteiger partial charge in [-0.15, -0.1) is 0 Å². The highest BCUT2D eigenvalue weighted by atomic mass is 16.5. The lowest BCUT2D eigenvalue weighted by atomic mass is 9.83. The fourth-order valence-corrected chi connectivity index (χ4v) is 1.63. The first-order chi connectivity index (χ1) is 6.47. The molecule has 4 heteroatoms. The summed E-state index contributed by atoms with van der Waals surface area (Å²) in [5, 5.41) is 10.1. The van der Waals surface area contributed by atoms with E-state index in [1.807, 2.05) is 33.1 Å². The molecule has 14 heavy (non-hydrogen) atoms. The second-order valence-electron chi connectivity index (χ2n) is 4.47. The van der Waals surface area contributed by atoms with Crippen LogP contribution in [0.15, 0.2) is 0 Å². The Labute approximate surface area is 86.4 Å². The van der Waals surface area contributed by atoms with Gasteiger partial charge in [0.25, 0.3) is 0 Å². The van der Waals surface area contributed by atoms with Crippen molar-refractivity contribution in [3.63, 3.8) is 0 Å². The highest BCUT2D eigenvalue weighted by Gasteiger charge is 2.47. The molecule has 1 aliphatic rings. The minimum atomic E-state index is -0.730. The van der Waals surface area contributed by atoms with E-state index in [1.165, 1.54) is 0 Å². The van der Waals surface area contributed by atoms with E-state index in [0.29, 0.717) is 6.61 Å². The molecule has 0 saturated heterocycles. The van der Waals surface area contributed by atoms with Crippen LogP contribution in [0.2, 0.25) is 0 Å². The maximum atomic E-state index is 10.1. The van der Waals surface area contributed by atoms with Crippen LogP contribution in [0.4, 0.5) is 0 Å². The molecule has 0 heterocycles. The average Bonchev–Trinajstić information content (AvgIpc) is 2.08. The number of aliphatic hydroxyl groups is 1. The normalized spacial score (nSPS) is 32.4. The highest BCUT2D eigenvalue weighted by Crippen LogP contribution is 2.36. The number of ether oxygens (including phenoxy) is 1. The van der Waals surface area contributed by atoms with Crippen LogP contribution >= 0.6 is 0 Å². The van der Waals surface area contributed by atoms with Crippen molar-refractivity contribution in [3.05, 3.63) is 0 Å². The number of rotatable bonds is 5. The van der Waals surface area contributed by atoms with Crippen LogP contribution in [0.5, 0.6) is 0 Å². The summed E-state index contributed by atoms with van der Waals surface area (Å²) in [6.07, 6.45) is 1.76. The minimum Gasteiger partial charge on any atom is -0.373 e. The van der Waals surface area contributed by atoms with Crippen LogP contribution in [0, 0.1) is 0 Å². The number of likely N-dealkylation sites (N-methyl/N-ethyl adjacent to an activating group) is 2. The van der Waals surface area contributed by atoms with Gasteiger partial charge in [0.15, 0.2) is 0 Å². The second-order valence-corrected chi connectivity index (χ2v) is 4.47. The molecule has 0 amide bonds. The zero-order valence-corrected chi connectivity index (χ0v) is 9.66. The SMILES string of the molecule is CN(C)CCOC1CCC1(O)N(C)C. The maximum Gasteiger partial charge on any atom is 0.144 e. The van der Waals surface area contributed by atoms with Crippen LogP contribution < -0.4 is 0 Å². The molecule has 0 bridgehead atoms. The zero-order valence-electron chi connectivity index (χ0n) is 9.66. The van der Waals surface area contributed by atoms with Crippen molar-refractivity contribution >= 4 is 0 Å². The van der Waals surface area contributed by atoms with E-state index in [-0.39, 0.29) is 6.10 Å². The lowest BCUT2D eigenvalue weighted by Gasteiger charge is -2.49. The molecule has 1 N–H and O–H groups in total. The molecule has 0 aromatic heterocycles. The van der Waals surface area contributed by atoms with Crippen molar-refractivity contribution in [3.8, 4) is 0 Å². The van der Waals surface area contributed by atoms with Gasteiger partial charge in [-0.05, 0) is 41.0 Å². The molecule has 84 valence electrons. The molecule has 0 aromatic rings. The first-order valence-corrected chi connectivity index (χ1v) is 5.13. The van der Waals surface area contributed by atoms with Crippen molar-refractivity contribution in [2.24, 2.45) is 0 Å². The third kappa shape index (κ3) is 2.45. The van der Waals surface area contributed by atoms with Crippen LogP contribution in [0.1, 0.15) is 12.8 Å². The van der Waals surface area contributed by atoms with Crippen molar-refractivity contribution in [2.45, 2.75) is 24.7 Å². The van der Waals surface area contributed by atoms with Gasteiger partial charge >= 0.3 is 0 Å². The van der Waals surface area contributed by atoms with Crippen molar-refractivity contribution in [1.82, 2.24) is 9.80 Å². The van der Waals surface area contributed by atoms with Gasteiger partial charge in [0.05, 0.1) is 6.61 Å². The summed E-state index contributed by atoms with van der Waals surface area (Å²) in [7, 11) is 7.81. The smallest absolute Gasteiger partial charge is 0.144 e. The molecule has 0 radical (unpaired) electrons. The van der Waals surface area contributed by atoms with E-state index < -0.39 is 5.72 Å². The minimum absolute atomic E-state index is 0.0163. The van der Waals surface area contributed by atoms with Crippen molar-refractivity contribution in [2.75, 3.05) is 41.3 Å². The Kier molecular flexibility index (Phi) is 3.89. The van der Waals surface area contributed by atoms with E-state index in [1.54, 1.807) is 0 Å². The molecular formula is C10H22N2O2. The monoisotopic (exact) mass is 202 g/mol. The van der Waals surface area contributed by atoms with E-state index in [4.69, 9.17) is 4.74 Å². The summed E-state index contributed by atoms with van der Waals surface area (Å²) in [5.74, 6) is 0. The van der Waals surface area contributed by atoms with Gasteiger partial charge < -0.3 is 14.7 Å². The molecule has 1 aliphatic carbocycles. The summed E-state index contributed by atoms with van der Waals surface area (Å²) in [5.41, 5.74) is -0.730. The van der Waals surface area contributed by atoms with Crippen molar-refractivity contribution in [1.29, 1.82) is 0 Å². The molecule has 0 aliphatic heterocycles. The van der Waals surface area contributed by atoms with Crippen LogP contribution in [-0.4, -0.2) is 68.1 Å². The fraction of sp³-hybridized carbons (Fsp3) is 1.00. The number of nitrogens with zero attached hydrogens (tertiary/aromatic N) is 2. The second kappa shape index (κ2) is 4.57. The molecule has 1 rings (SSSR count). The van der Waals surface area contributed by atoms with Gasteiger partial charge in [0, 0.05) is 6.54 Å². The summed E-state index contributed by atoms with van der Waals surface area (Å²) in [6, 6.07) is 0. The quantitative estimate of drug-likeness (QED) is 0.636. The van der Waals surface area contributed by atoms with Gasteiger partial charge in [-0.3, -0.25) is 4.90 Å². The molecule has 4 nitrogen and oxygen atoms in total. The maximum absolute atomic E-state index is 10.1. The molecule has 0 aromatic carbocycles. The third-order valence-corrected chi connectivity index (χ3v) is 2.92. The van der Waals surface area contributed by atoms with E-state index in [9.17, 15) is 5.11 Å². The highest BCUT2D eigenvalue weighted by molar-refractivity contribution is 4.95. The Morgan fingerprint density at radius 2 is 2.00 bits per heavy atom. The predicted octanol–water partition coefficient (Wildman–Crippen LogP) is -0.0228. The Balaban J connectivity index is 2.26. The average molecular weight is 202 g/mol. The van der Waals surface area contributed by atoms with Crippen molar-refractivity contribution < 1.29 is 9.84 Å². The van der Waals surface area contributed by atoms with Gasteiger partial charge in [-0.2, -0.15) is 0 Å². The third-order valence-electron chi connectivity index (χ3n) is 2.92. The summed E-state index contributed by atoms with van der Waals surface area (Å²) in [6.45, 7) is 1.59. The first kappa shape index (κ1) is 11.9. The number of hydrogen-bond acceptors (Lipinski definition) is 4. The Morgan fingerprint density at radius 3 is 2.36 bits per heavy atom. The predicted molar refractivity (Wildman–Crippen MR) is 56.2 cm³/mol. The first-order valence-electron chi connectivity index (χ1n) is 5.13. The lowest BCUT2D eigenvalue weighted by Crippen LogP contribution is -2.62. The molecule has 2 atom stereocenters. The zero-order chi connectivity index (χ0) is 10.8. The van der Waals surface area contributed by atoms with Gasteiger partial charge in [0.2, 0.25) is 0 Å². The topological polar surface area (TPSA) is 35.9 Å². The van der Waals surface area contributed by atoms with Gasteiger partial charge in [-0.25, -0.2) is 0 Å². The summed E-state index contributed by atoms with van der Waals surface area (Å²) in [4.78, 5) is 3.92. The Bertz CT molecular complexity index is 185.